The molecule has 0 unspecified atom stereocenters. The number of benzene rings is 1. The van der Waals surface area contributed by atoms with Crippen LogP contribution < -0.4 is 0 Å². The summed E-state index contributed by atoms with van der Waals surface area (Å²) in [4.78, 5) is 8.26. The minimum Gasteiger partial charge on any atom is -0.444 e. The van der Waals surface area contributed by atoms with E-state index < -0.39 is 16.1 Å². The number of halogens is 1. The molecule has 0 amide bonds. The molecule has 0 N–H and O–H groups in total. The van der Waals surface area contributed by atoms with Crippen molar-refractivity contribution in [1.82, 2.24) is 18.8 Å². The number of sulfonamides is 1. The van der Waals surface area contributed by atoms with E-state index in [-0.39, 0.29) is 10.8 Å². The van der Waals surface area contributed by atoms with Gasteiger partial charge >= 0.3 is 0 Å². The van der Waals surface area contributed by atoms with Crippen molar-refractivity contribution in [3.63, 3.8) is 0 Å². The fourth-order valence-electron chi connectivity index (χ4n) is 3.32. The van der Waals surface area contributed by atoms with E-state index in [1.54, 1.807) is 29.9 Å². The van der Waals surface area contributed by atoms with Crippen molar-refractivity contribution in [2.45, 2.75) is 30.3 Å². The second-order valence-corrected chi connectivity index (χ2v) is 8.46. The number of nitrogens with zero attached hydrogens (tertiary/aromatic N) is 4. The van der Waals surface area contributed by atoms with E-state index in [0.717, 1.165) is 12.0 Å². The number of imidazole rings is 1. The van der Waals surface area contributed by atoms with Crippen LogP contribution in [0.25, 0.3) is 0 Å². The Balaban J connectivity index is 1.57. The fraction of sp³-hybridized carbons (Fsp3) is 0.333. The SMILES string of the molecule is Cn1cnc(S(=O)(=O)N2CCC[C@@H]2c2ncc(Cc3cccc(F)c3)o2)c1. The molecule has 7 nitrogen and oxygen atoms in total. The Kier molecular flexibility index (Phi) is 4.56. The van der Waals surface area contributed by atoms with Gasteiger partial charge in [0.1, 0.15) is 17.6 Å². The van der Waals surface area contributed by atoms with Gasteiger partial charge in [-0.25, -0.2) is 22.8 Å². The third-order valence-corrected chi connectivity index (χ3v) is 6.38. The third kappa shape index (κ3) is 3.52. The summed E-state index contributed by atoms with van der Waals surface area (Å²) >= 11 is 0. The first kappa shape index (κ1) is 17.9. The summed E-state index contributed by atoms with van der Waals surface area (Å²) in [5.41, 5.74) is 0.766. The molecular formula is C18H19FN4O3S. The second-order valence-electron chi connectivity index (χ2n) is 6.62. The molecule has 3 aromatic rings. The average molecular weight is 390 g/mol. The van der Waals surface area contributed by atoms with E-state index in [0.29, 0.717) is 31.0 Å². The monoisotopic (exact) mass is 390 g/mol. The van der Waals surface area contributed by atoms with Crippen molar-refractivity contribution < 1.29 is 17.2 Å². The van der Waals surface area contributed by atoms with Crippen LogP contribution in [-0.4, -0.2) is 33.8 Å². The molecule has 1 aromatic carbocycles. The van der Waals surface area contributed by atoms with Crippen LogP contribution in [0.2, 0.25) is 0 Å². The summed E-state index contributed by atoms with van der Waals surface area (Å²) < 4.78 is 48.0. The molecule has 1 atom stereocenters. The molecule has 1 saturated heterocycles. The number of aromatic nitrogens is 3. The van der Waals surface area contributed by atoms with E-state index in [1.165, 1.54) is 29.0 Å². The molecule has 3 heterocycles. The zero-order chi connectivity index (χ0) is 19.0. The Morgan fingerprint density at radius 2 is 2.19 bits per heavy atom. The van der Waals surface area contributed by atoms with Crippen molar-refractivity contribution in [3.05, 3.63) is 66.0 Å². The van der Waals surface area contributed by atoms with E-state index in [2.05, 4.69) is 9.97 Å². The highest BCUT2D eigenvalue weighted by Gasteiger charge is 2.39. The molecule has 0 radical (unpaired) electrons. The third-order valence-electron chi connectivity index (χ3n) is 4.58. The minimum atomic E-state index is -3.72. The first-order valence-corrected chi connectivity index (χ1v) is 10.1. The Labute approximate surface area is 156 Å². The molecule has 4 rings (SSSR count). The molecule has 2 aromatic heterocycles. The quantitative estimate of drug-likeness (QED) is 0.669. The van der Waals surface area contributed by atoms with Gasteiger partial charge in [0.2, 0.25) is 5.89 Å². The summed E-state index contributed by atoms with van der Waals surface area (Å²) in [5.74, 6) is 0.617. The lowest BCUT2D eigenvalue weighted by molar-refractivity contribution is 0.321. The predicted molar refractivity (Wildman–Crippen MR) is 94.8 cm³/mol. The van der Waals surface area contributed by atoms with Gasteiger partial charge in [-0.05, 0) is 30.5 Å². The van der Waals surface area contributed by atoms with E-state index in [1.807, 2.05) is 0 Å². The molecule has 1 aliphatic heterocycles. The highest BCUT2D eigenvalue weighted by molar-refractivity contribution is 7.89. The molecule has 1 aliphatic rings. The van der Waals surface area contributed by atoms with Crippen LogP contribution in [0.3, 0.4) is 0 Å². The molecule has 0 aliphatic carbocycles. The number of aryl methyl sites for hydroxylation is 1. The Morgan fingerprint density at radius 3 is 2.93 bits per heavy atom. The van der Waals surface area contributed by atoms with Crippen molar-refractivity contribution in [2.75, 3.05) is 6.54 Å². The maximum absolute atomic E-state index is 13.3. The van der Waals surface area contributed by atoms with Gasteiger partial charge in [-0.2, -0.15) is 4.31 Å². The molecule has 1 fully saturated rings. The Morgan fingerprint density at radius 1 is 1.33 bits per heavy atom. The maximum atomic E-state index is 13.3. The average Bonchev–Trinajstić information content (AvgIpc) is 3.34. The van der Waals surface area contributed by atoms with Gasteiger partial charge in [-0.15, -0.1) is 0 Å². The Bertz CT molecular complexity index is 1060. The molecule has 27 heavy (non-hydrogen) atoms. The van der Waals surface area contributed by atoms with Crippen LogP contribution >= 0.6 is 0 Å². The second kappa shape index (κ2) is 6.90. The number of oxazole rings is 1. The largest absolute Gasteiger partial charge is 0.444 e. The van der Waals surface area contributed by atoms with Crippen LogP contribution in [0.5, 0.6) is 0 Å². The molecular weight excluding hydrogens is 371 g/mol. The molecule has 0 bridgehead atoms. The minimum absolute atomic E-state index is 0.0171. The summed E-state index contributed by atoms with van der Waals surface area (Å²) in [6.07, 6.45) is 6.26. The smallest absolute Gasteiger partial charge is 0.262 e. The van der Waals surface area contributed by atoms with Crippen molar-refractivity contribution >= 4 is 10.0 Å². The lowest BCUT2D eigenvalue weighted by Crippen LogP contribution is -2.31. The van der Waals surface area contributed by atoms with Crippen LogP contribution in [0.15, 0.2) is 52.4 Å². The van der Waals surface area contributed by atoms with Crippen molar-refractivity contribution in [2.24, 2.45) is 7.05 Å². The lowest BCUT2D eigenvalue weighted by atomic mass is 10.1. The highest BCUT2D eigenvalue weighted by atomic mass is 32.2. The zero-order valence-electron chi connectivity index (χ0n) is 14.7. The van der Waals surface area contributed by atoms with Gasteiger partial charge < -0.3 is 8.98 Å². The van der Waals surface area contributed by atoms with Gasteiger partial charge in [0.25, 0.3) is 10.0 Å². The van der Waals surface area contributed by atoms with Gasteiger partial charge in [0.15, 0.2) is 5.03 Å². The summed E-state index contributed by atoms with van der Waals surface area (Å²) in [6.45, 7) is 0.394. The van der Waals surface area contributed by atoms with Gasteiger partial charge in [0, 0.05) is 26.2 Å². The van der Waals surface area contributed by atoms with E-state index in [4.69, 9.17) is 4.42 Å². The molecule has 9 heteroatoms. The lowest BCUT2D eigenvalue weighted by Gasteiger charge is -2.20. The number of hydrogen-bond acceptors (Lipinski definition) is 5. The van der Waals surface area contributed by atoms with Crippen molar-refractivity contribution in [3.8, 4) is 0 Å². The maximum Gasteiger partial charge on any atom is 0.262 e. The number of hydrogen-bond donors (Lipinski definition) is 0. The summed E-state index contributed by atoms with van der Waals surface area (Å²) in [5, 5.41) is 0.0171. The predicted octanol–water partition coefficient (Wildman–Crippen LogP) is 2.66. The Hall–Kier alpha value is -2.52. The molecule has 142 valence electrons. The summed E-state index contributed by atoms with van der Waals surface area (Å²) in [7, 11) is -2.00. The van der Waals surface area contributed by atoms with Gasteiger partial charge in [-0.1, -0.05) is 12.1 Å². The molecule has 0 saturated carbocycles. The van der Waals surface area contributed by atoms with Gasteiger partial charge in [-0.3, -0.25) is 0 Å². The number of rotatable bonds is 5. The molecule has 0 spiro atoms. The van der Waals surface area contributed by atoms with Crippen molar-refractivity contribution in [1.29, 1.82) is 0 Å². The zero-order valence-corrected chi connectivity index (χ0v) is 15.6. The first-order valence-electron chi connectivity index (χ1n) is 8.62. The van der Waals surface area contributed by atoms with E-state index >= 15 is 0 Å². The van der Waals surface area contributed by atoms with Gasteiger partial charge in [0.05, 0.1) is 12.5 Å². The standard InChI is InChI=1S/C18H19FN4O3S/c1-22-11-17(21-12-22)27(24,25)23-7-3-6-16(23)18-20-10-15(26-18)9-13-4-2-5-14(19)8-13/h2,4-5,8,10-12,16H,3,6-7,9H2,1H3/t16-/m1/s1. The highest BCUT2D eigenvalue weighted by Crippen LogP contribution is 2.36. The topological polar surface area (TPSA) is 81.2 Å². The van der Waals surface area contributed by atoms with E-state index in [9.17, 15) is 12.8 Å². The fourth-order valence-corrected chi connectivity index (χ4v) is 4.94. The summed E-state index contributed by atoms with van der Waals surface area (Å²) in [6, 6.07) is 5.81. The van der Waals surface area contributed by atoms with Crippen LogP contribution in [-0.2, 0) is 23.5 Å². The van der Waals surface area contributed by atoms with Crippen LogP contribution in [0, 0.1) is 5.82 Å². The van der Waals surface area contributed by atoms with Crippen LogP contribution in [0.1, 0.15) is 36.1 Å². The first-order chi connectivity index (χ1) is 12.9. The van der Waals surface area contributed by atoms with Crippen LogP contribution in [0.4, 0.5) is 4.39 Å². The normalized spacial score (nSPS) is 18.2.